The van der Waals surface area contributed by atoms with E-state index in [0.717, 1.165) is 21.9 Å². The molecule has 0 spiro atoms. The van der Waals surface area contributed by atoms with Gasteiger partial charge in [0.25, 0.3) is 19.5 Å². The van der Waals surface area contributed by atoms with E-state index in [1.165, 1.54) is 0 Å². The molecule has 0 N–H and O–H groups in total. The molecule has 0 heterocycles. The zero-order valence-electron chi connectivity index (χ0n) is 15.8. The van der Waals surface area contributed by atoms with Crippen molar-refractivity contribution in [1.29, 1.82) is 0 Å². The topological polar surface area (TPSA) is 27.7 Å². The van der Waals surface area contributed by atoms with E-state index in [4.69, 9.17) is 13.6 Å². The van der Waals surface area contributed by atoms with Crippen molar-refractivity contribution >= 4 is 29.9 Å². The van der Waals surface area contributed by atoms with Crippen molar-refractivity contribution in [2.75, 3.05) is 0 Å². The normalized spacial score (nSPS) is 12.2. The largest absolute Gasteiger partial charge is 0.457 e. The predicted octanol–water partition coefficient (Wildman–Crippen LogP) is 3.60. The van der Waals surface area contributed by atoms with Gasteiger partial charge in [-0.05, 0) is 76.2 Å². The molecular weight excluding hydrogens is 344 g/mol. The van der Waals surface area contributed by atoms with Crippen molar-refractivity contribution in [3.63, 3.8) is 0 Å². The van der Waals surface area contributed by atoms with Crippen LogP contribution in [0.3, 0.4) is 0 Å². The first-order chi connectivity index (χ1) is 11.6. The Balaban J connectivity index is 1.89. The summed E-state index contributed by atoms with van der Waals surface area (Å²) in [5, 5.41) is 2.33. The third kappa shape index (κ3) is 8.01. The Morgan fingerprint density at radius 2 is 0.880 bits per heavy atom. The van der Waals surface area contributed by atoms with Gasteiger partial charge in [-0.15, -0.1) is 0 Å². The highest BCUT2D eigenvalue weighted by Gasteiger charge is 2.12. The molecule has 0 aliphatic carbocycles. The first-order valence-corrected chi connectivity index (χ1v) is 10.2. The quantitative estimate of drug-likeness (QED) is 0.727. The lowest BCUT2D eigenvalue weighted by atomic mass is 10.2. The first-order valence-electron chi connectivity index (χ1n) is 8.37. The molecule has 0 saturated carbocycles. The summed E-state index contributed by atoms with van der Waals surface area (Å²) >= 11 is 0. The van der Waals surface area contributed by atoms with Crippen LogP contribution in [0.4, 0.5) is 0 Å². The van der Waals surface area contributed by atoms with E-state index in [0.29, 0.717) is 19.5 Å². The smallest absolute Gasteiger partial charge is 0.269 e. The third-order valence-corrected chi connectivity index (χ3v) is 5.46. The van der Waals surface area contributed by atoms with E-state index in [1.54, 1.807) is 0 Å². The van der Waals surface area contributed by atoms with Crippen LogP contribution < -0.4 is 15.1 Å². The minimum atomic E-state index is -0.118. The molecule has 25 heavy (non-hydrogen) atoms. The molecule has 0 aromatic heterocycles. The van der Waals surface area contributed by atoms with Gasteiger partial charge in [0, 0.05) is 11.2 Å². The molecule has 132 valence electrons. The van der Waals surface area contributed by atoms with E-state index < -0.39 is 0 Å². The van der Waals surface area contributed by atoms with Gasteiger partial charge >= 0.3 is 0 Å². The molecule has 0 aliphatic heterocycles. The molecule has 0 fully saturated rings. The van der Waals surface area contributed by atoms with E-state index in [-0.39, 0.29) is 11.2 Å². The summed E-state index contributed by atoms with van der Waals surface area (Å²) in [6.07, 6.45) is 0. The van der Waals surface area contributed by atoms with Crippen LogP contribution in [0.15, 0.2) is 48.5 Å². The minimum absolute atomic E-state index is 0.118. The summed E-state index contributed by atoms with van der Waals surface area (Å²) in [5.74, 6) is 1.65. The molecule has 2 aromatic rings. The van der Waals surface area contributed by atoms with Crippen LogP contribution in [-0.2, 0) is 8.85 Å². The van der Waals surface area contributed by atoms with Crippen LogP contribution >= 0.6 is 0 Å². The molecule has 0 aliphatic rings. The van der Waals surface area contributed by atoms with Crippen molar-refractivity contribution in [2.45, 2.75) is 52.7 Å². The van der Waals surface area contributed by atoms with Gasteiger partial charge in [0.2, 0.25) is 0 Å². The van der Waals surface area contributed by atoms with Gasteiger partial charge in [0.05, 0.1) is 0 Å². The molecule has 0 bridgehead atoms. The standard InChI is InChI=1S/C20H26O3Si2/c1-19(2,3)22-24-17-11-7-15(8-12-17)21-16-9-13-18(14-10-16)25-23-20(4,5)6/h7-14H,1-6H3. The van der Waals surface area contributed by atoms with E-state index in [9.17, 15) is 0 Å². The Morgan fingerprint density at radius 1 is 0.560 bits per heavy atom. The van der Waals surface area contributed by atoms with Crippen LogP contribution in [0.25, 0.3) is 0 Å². The van der Waals surface area contributed by atoms with Crippen molar-refractivity contribution in [3.8, 4) is 11.5 Å². The molecule has 3 nitrogen and oxygen atoms in total. The van der Waals surface area contributed by atoms with Gasteiger partial charge in [0.1, 0.15) is 11.5 Å². The molecule has 0 saturated heterocycles. The van der Waals surface area contributed by atoms with Gasteiger partial charge in [0.15, 0.2) is 0 Å². The fourth-order valence-electron chi connectivity index (χ4n) is 1.74. The lowest BCUT2D eigenvalue weighted by Crippen LogP contribution is -2.28. The zero-order valence-corrected chi connectivity index (χ0v) is 17.8. The van der Waals surface area contributed by atoms with E-state index in [1.807, 2.05) is 48.5 Å². The second-order valence-corrected chi connectivity index (χ2v) is 9.76. The first kappa shape index (κ1) is 19.9. The monoisotopic (exact) mass is 370 g/mol. The van der Waals surface area contributed by atoms with Gasteiger partial charge in [-0.25, -0.2) is 0 Å². The second-order valence-electron chi connectivity index (χ2n) is 7.78. The highest BCUT2D eigenvalue weighted by molar-refractivity contribution is 6.47. The molecule has 5 heteroatoms. The molecule has 4 radical (unpaired) electrons. The van der Waals surface area contributed by atoms with E-state index >= 15 is 0 Å². The predicted molar refractivity (Wildman–Crippen MR) is 105 cm³/mol. The summed E-state index contributed by atoms with van der Waals surface area (Å²) in [6, 6.07) is 16.1. The lowest BCUT2D eigenvalue weighted by molar-refractivity contribution is 0.141. The molecular formula is C20H26O3Si2. The van der Waals surface area contributed by atoms with Gasteiger partial charge < -0.3 is 13.6 Å². The Bertz CT molecular complexity index is 594. The number of hydrogen-bond acceptors (Lipinski definition) is 3. The average molecular weight is 371 g/mol. The van der Waals surface area contributed by atoms with Crippen LogP contribution in [-0.4, -0.2) is 30.7 Å². The maximum Gasteiger partial charge on any atom is 0.269 e. The second kappa shape index (κ2) is 8.32. The van der Waals surface area contributed by atoms with Crippen molar-refractivity contribution in [1.82, 2.24) is 0 Å². The maximum atomic E-state index is 5.90. The molecule has 2 aromatic carbocycles. The van der Waals surface area contributed by atoms with Gasteiger partial charge in [-0.1, -0.05) is 24.3 Å². The molecule has 0 amide bonds. The molecule has 2 rings (SSSR count). The Labute approximate surface area is 156 Å². The zero-order chi connectivity index (χ0) is 18.5. The highest BCUT2D eigenvalue weighted by atomic mass is 28.2. The number of ether oxygens (including phenoxy) is 1. The van der Waals surface area contributed by atoms with E-state index in [2.05, 4.69) is 41.5 Å². The van der Waals surface area contributed by atoms with Crippen LogP contribution in [0.2, 0.25) is 0 Å². The molecule has 0 atom stereocenters. The van der Waals surface area contributed by atoms with Crippen LogP contribution in [0.1, 0.15) is 41.5 Å². The average Bonchev–Trinajstić information content (AvgIpc) is 2.52. The van der Waals surface area contributed by atoms with Crippen LogP contribution in [0, 0.1) is 0 Å². The number of benzene rings is 2. The molecule has 0 unspecified atom stereocenters. The number of hydrogen-bond donors (Lipinski definition) is 0. The Morgan fingerprint density at radius 3 is 1.16 bits per heavy atom. The fourth-order valence-corrected chi connectivity index (χ4v) is 3.20. The highest BCUT2D eigenvalue weighted by Crippen LogP contribution is 2.19. The summed E-state index contributed by atoms with van der Waals surface area (Å²) in [5.41, 5.74) is -0.237. The SMILES string of the molecule is CC(C)(C)O[Si]c1ccc(Oc2ccc([Si]OC(C)(C)C)cc2)cc1. The van der Waals surface area contributed by atoms with Gasteiger partial charge in [-0.2, -0.15) is 0 Å². The summed E-state index contributed by atoms with van der Waals surface area (Å²) in [6.45, 7) is 12.4. The lowest BCUT2D eigenvalue weighted by Gasteiger charge is -2.19. The Hall–Kier alpha value is -1.41. The number of rotatable bonds is 6. The van der Waals surface area contributed by atoms with Gasteiger partial charge in [-0.3, -0.25) is 0 Å². The fraction of sp³-hybridized carbons (Fsp3) is 0.400. The minimum Gasteiger partial charge on any atom is -0.457 e. The summed E-state index contributed by atoms with van der Waals surface area (Å²) in [7, 11) is 0.689. The summed E-state index contributed by atoms with van der Waals surface area (Å²) in [4.78, 5) is 0. The van der Waals surface area contributed by atoms with Crippen LogP contribution in [0.5, 0.6) is 11.5 Å². The summed E-state index contributed by atoms with van der Waals surface area (Å²) < 4.78 is 17.5. The maximum absolute atomic E-state index is 5.90. The van der Waals surface area contributed by atoms with Crippen molar-refractivity contribution < 1.29 is 13.6 Å². The Kier molecular flexibility index (Phi) is 6.62. The van der Waals surface area contributed by atoms with Crippen molar-refractivity contribution in [3.05, 3.63) is 48.5 Å². The third-order valence-electron chi connectivity index (χ3n) is 2.89. The van der Waals surface area contributed by atoms with Crippen molar-refractivity contribution in [2.24, 2.45) is 0 Å².